The minimum atomic E-state index is -0.971. The van der Waals surface area contributed by atoms with Gasteiger partial charge < -0.3 is 14.6 Å². The van der Waals surface area contributed by atoms with Gasteiger partial charge in [0.1, 0.15) is 11.5 Å². The van der Waals surface area contributed by atoms with E-state index in [1.165, 1.54) is 16.7 Å². The molecule has 27 heavy (non-hydrogen) atoms. The topological polar surface area (TPSA) is 55.8 Å². The fourth-order valence-corrected chi connectivity index (χ4v) is 3.17. The molecule has 0 amide bonds. The van der Waals surface area contributed by atoms with Crippen LogP contribution in [0, 0.1) is 13.8 Å². The van der Waals surface area contributed by atoms with E-state index in [2.05, 4.69) is 39.0 Å². The second-order valence-corrected chi connectivity index (χ2v) is 7.27. The molecule has 4 heteroatoms. The van der Waals surface area contributed by atoms with Crippen molar-refractivity contribution in [1.82, 2.24) is 0 Å². The SMILES string of the molecule is CCCOc1ccc(Cc2c(C)cc(OCC(=O)O)cc2C)cc1C(C)C. The summed E-state index contributed by atoms with van der Waals surface area (Å²) in [5.74, 6) is 0.996. The summed E-state index contributed by atoms with van der Waals surface area (Å²) in [6, 6.07) is 10.3. The summed E-state index contributed by atoms with van der Waals surface area (Å²) >= 11 is 0. The molecule has 2 aromatic carbocycles. The average molecular weight is 370 g/mol. The fourth-order valence-electron chi connectivity index (χ4n) is 3.17. The largest absolute Gasteiger partial charge is 0.493 e. The van der Waals surface area contributed by atoms with E-state index in [4.69, 9.17) is 14.6 Å². The fraction of sp³-hybridized carbons (Fsp3) is 0.435. The maximum atomic E-state index is 10.7. The zero-order valence-electron chi connectivity index (χ0n) is 17.0. The Morgan fingerprint density at radius 1 is 1.07 bits per heavy atom. The number of carbonyl (C=O) groups is 1. The predicted octanol–water partition coefficient (Wildman–Crippen LogP) is 5.27. The molecule has 0 unspecified atom stereocenters. The molecule has 0 spiro atoms. The quantitative estimate of drug-likeness (QED) is 0.653. The van der Waals surface area contributed by atoms with E-state index in [9.17, 15) is 4.79 Å². The van der Waals surface area contributed by atoms with Gasteiger partial charge in [-0.25, -0.2) is 4.79 Å². The van der Waals surface area contributed by atoms with Gasteiger partial charge in [0.05, 0.1) is 6.61 Å². The number of aliphatic carboxylic acids is 1. The molecule has 146 valence electrons. The summed E-state index contributed by atoms with van der Waals surface area (Å²) in [4.78, 5) is 10.7. The smallest absolute Gasteiger partial charge is 0.341 e. The lowest BCUT2D eigenvalue weighted by molar-refractivity contribution is -0.139. The van der Waals surface area contributed by atoms with Crippen LogP contribution < -0.4 is 9.47 Å². The van der Waals surface area contributed by atoms with Crippen LogP contribution in [0.25, 0.3) is 0 Å². The highest BCUT2D eigenvalue weighted by molar-refractivity contribution is 5.68. The molecule has 1 N–H and O–H groups in total. The lowest BCUT2D eigenvalue weighted by Gasteiger charge is -2.17. The first kappa shape index (κ1) is 20.8. The third-order valence-electron chi connectivity index (χ3n) is 4.57. The van der Waals surface area contributed by atoms with Gasteiger partial charge >= 0.3 is 5.97 Å². The zero-order chi connectivity index (χ0) is 20.0. The number of carboxylic acid groups (broad SMARTS) is 1. The summed E-state index contributed by atoms with van der Waals surface area (Å²) in [7, 11) is 0. The van der Waals surface area contributed by atoms with E-state index in [-0.39, 0.29) is 6.61 Å². The predicted molar refractivity (Wildman–Crippen MR) is 108 cm³/mol. The van der Waals surface area contributed by atoms with E-state index in [0.717, 1.165) is 36.3 Å². The van der Waals surface area contributed by atoms with Crippen LogP contribution in [-0.2, 0) is 11.2 Å². The Bertz CT molecular complexity index is 770. The van der Waals surface area contributed by atoms with Gasteiger partial charge in [0, 0.05) is 0 Å². The molecule has 0 aliphatic carbocycles. The molecule has 0 radical (unpaired) electrons. The van der Waals surface area contributed by atoms with E-state index in [1.54, 1.807) is 0 Å². The van der Waals surface area contributed by atoms with Gasteiger partial charge in [0.2, 0.25) is 0 Å². The summed E-state index contributed by atoms with van der Waals surface area (Å²) in [6.45, 7) is 11.0. The molecule has 0 bridgehead atoms. The van der Waals surface area contributed by atoms with Crippen LogP contribution in [0.3, 0.4) is 0 Å². The van der Waals surface area contributed by atoms with Crippen LogP contribution in [0.2, 0.25) is 0 Å². The van der Waals surface area contributed by atoms with Crippen molar-refractivity contribution in [3.05, 3.63) is 58.1 Å². The monoisotopic (exact) mass is 370 g/mol. The lowest BCUT2D eigenvalue weighted by Crippen LogP contribution is -2.10. The van der Waals surface area contributed by atoms with E-state index >= 15 is 0 Å². The van der Waals surface area contributed by atoms with Gasteiger partial charge in [-0.1, -0.05) is 32.9 Å². The van der Waals surface area contributed by atoms with Gasteiger partial charge in [-0.3, -0.25) is 0 Å². The molecule has 0 heterocycles. The molecule has 0 fully saturated rings. The lowest BCUT2D eigenvalue weighted by atomic mass is 9.93. The van der Waals surface area contributed by atoms with E-state index in [0.29, 0.717) is 11.7 Å². The third-order valence-corrected chi connectivity index (χ3v) is 4.57. The normalized spacial score (nSPS) is 10.9. The van der Waals surface area contributed by atoms with E-state index < -0.39 is 5.97 Å². The first-order valence-corrected chi connectivity index (χ1v) is 9.52. The van der Waals surface area contributed by atoms with Crippen molar-refractivity contribution in [2.75, 3.05) is 13.2 Å². The molecule has 0 atom stereocenters. The molecular formula is C23H30O4. The molecule has 0 aliphatic heterocycles. The van der Waals surface area contributed by atoms with Crippen molar-refractivity contribution < 1.29 is 19.4 Å². The Kier molecular flexibility index (Phi) is 7.28. The zero-order valence-corrected chi connectivity index (χ0v) is 17.0. The Morgan fingerprint density at radius 2 is 1.74 bits per heavy atom. The molecule has 4 nitrogen and oxygen atoms in total. The standard InChI is InChI=1S/C23H30O4/c1-6-9-26-22-8-7-18(12-20(22)15(2)3)13-21-16(4)10-19(11-17(21)5)27-14-23(24)25/h7-8,10-12,15H,6,9,13-14H2,1-5H3,(H,24,25). The molecule has 0 saturated carbocycles. The maximum Gasteiger partial charge on any atom is 0.341 e. The van der Waals surface area contributed by atoms with Crippen LogP contribution in [-0.4, -0.2) is 24.3 Å². The molecule has 2 aromatic rings. The highest BCUT2D eigenvalue weighted by Crippen LogP contribution is 2.30. The number of rotatable bonds is 9. The number of benzene rings is 2. The van der Waals surface area contributed by atoms with Crippen molar-refractivity contribution in [2.45, 2.75) is 53.4 Å². The number of aryl methyl sites for hydroxylation is 2. The van der Waals surface area contributed by atoms with Gasteiger partial charge in [-0.15, -0.1) is 0 Å². The van der Waals surface area contributed by atoms with Crippen LogP contribution in [0.5, 0.6) is 11.5 Å². The van der Waals surface area contributed by atoms with Crippen LogP contribution in [0.15, 0.2) is 30.3 Å². The van der Waals surface area contributed by atoms with Crippen LogP contribution in [0.1, 0.15) is 60.9 Å². The average Bonchev–Trinajstić information content (AvgIpc) is 2.61. The molecule has 0 saturated heterocycles. The highest BCUT2D eigenvalue weighted by Gasteiger charge is 2.12. The van der Waals surface area contributed by atoms with Gasteiger partial charge in [-0.05, 0) is 78.6 Å². The minimum Gasteiger partial charge on any atom is -0.493 e. The highest BCUT2D eigenvalue weighted by atomic mass is 16.5. The minimum absolute atomic E-state index is 0.324. The van der Waals surface area contributed by atoms with Crippen LogP contribution >= 0.6 is 0 Å². The Balaban J connectivity index is 2.25. The Hall–Kier alpha value is -2.49. The summed E-state index contributed by atoms with van der Waals surface area (Å²) in [5.41, 5.74) is 5.93. The molecule has 2 rings (SSSR count). The van der Waals surface area contributed by atoms with Crippen molar-refractivity contribution in [3.8, 4) is 11.5 Å². The van der Waals surface area contributed by atoms with Crippen molar-refractivity contribution in [3.63, 3.8) is 0 Å². The molecule has 0 aliphatic rings. The number of hydrogen-bond donors (Lipinski definition) is 1. The third kappa shape index (κ3) is 5.75. The molecule has 0 aromatic heterocycles. The van der Waals surface area contributed by atoms with Crippen molar-refractivity contribution in [2.24, 2.45) is 0 Å². The Labute approximate surface area is 162 Å². The van der Waals surface area contributed by atoms with Gasteiger partial charge in [-0.2, -0.15) is 0 Å². The molecular weight excluding hydrogens is 340 g/mol. The van der Waals surface area contributed by atoms with Gasteiger partial charge in [0.25, 0.3) is 0 Å². The maximum absolute atomic E-state index is 10.7. The summed E-state index contributed by atoms with van der Waals surface area (Å²) in [5, 5.41) is 8.77. The first-order valence-electron chi connectivity index (χ1n) is 9.52. The summed E-state index contributed by atoms with van der Waals surface area (Å²) in [6.07, 6.45) is 1.82. The first-order chi connectivity index (χ1) is 12.8. The van der Waals surface area contributed by atoms with Crippen LogP contribution in [0.4, 0.5) is 0 Å². The number of ether oxygens (including phenoxy) is 2. The van der Waals surface area contributed by atoms with Gasteiger partial charge in [0.15, 0.2) is 6.61 Å². The van der Waals surface area contributed by atoms with Crippen molar-refractivity contribution >= 4 is 5.97 Å². The summed E-state index contributed by atoms with van der Waals surface area (Å²) < 4.78 is 11.2. The van der Waals surface area contributed by atoms with Crippen molar-refractivity contribution in [1.29, 1.82) is 0 Å². The number of hydrogen-bond acceptors (Lipinski definition) is 3. The van der Waals surface area contributed by atoms with E-state index in [1.807, 2.05) is 26.0 Å². The number of carboxylic acids is 1. The second-order valence-electron chi connectivity index (χ2n) is 7.27. The Morgan fingerprint density at radius 3 is 2.30 bits per heavy atom. The second kappa shape index (κ2) is 9.45.